The predicted molar refractivity (Wildman–Crippen MR) is 158 cm³/mol. The van der Waals surface area contributed by atoms with Crippen LogP contribution >= 0.6 is 70.6 Å². The fourth-order valence-electron chi connectivity index (χ4n) is 4.91. The van der Waals surface area contributed by atoms with Crippen molar-refractivity contribution in [1.29, 1.82) is 0 Å². The Labute approximate surface area is 230 Å². The van der Waals surface area contributed by atoms with Crippen LogP contribution in [0.5, 0.6) is 0 Å². The highest BCUT2D eigenvalue weighted by Gasteiger charge is 2.45. The first-order valence-electron chi connectivity index (χ1n) is 11.7. The Balaban J connectivity index is 1.61. The van der Waals surface area contributed by atoms with Gasteiger partial charge in [-0.15, -0.1) is 47.0 Å². The van der Waals surface area contributed by atoms with E-state index in [-0.39, 0.29) is 11.9 Å². The molecule has 1 aliphatic carbocycles. The molecule has 2 saturated heterocycles. The molecular formula is C24H36O4S6. The van der Waals surface area contributed by atoms with Gasteiger partial charge in [0.2, 0.25) is 0 Å². The quantitative estimate of drug-likeness (QED) is 0.201. The summed E-state index contributed by atoms with van der Waals surface area (Å²) < 4.78 is 11.8. The summed E-state index contributed by atoms with van der Waals surface area (Å²) in [6, 6.07) is 0. The molecule has 8 unspecified atom stereocenters. The molecule has 2 aliphatic heterocycles. The Morgan fingerprint density at radius 1 is 0.853 bits per heavy atom. The Kier molecular flexibility index (Phi) is 12.9. The maximum absolute atomic E-state index is 11.5. The van der Waals surface area contributed by atoms with Crippen molar-refractivity contribution in [2.45, 2.75) is 55.8 Å². The number of esters is 2. The molecule has 10 heteroatoms. The Hall–Kier alpha value is 0.520. The van der Waals surface area contributed by atoms with Gasteiger partial charge in [0.25, 0.3) is 0 Å². The number of rotatable bonds is 12. The van der Waals surface area contributed by atoms with Gasteiger partial charge in [-0.05, 0) is 37.2 Å². The van der Waals surface area contributed by atoms with Crippen molar-refractivity contribution < 1.29 is 19.1 Å². The molecule has 1 saturated carbocycles. The van der Waals surface area contributed by atoms with E-state index in [0.717, 1.165) is 11.5 Å². The van der Waals surface area contributed by atoms with Crippen molar-refractivity contribution in [2.75, 3.05) is 37.2 Å². The van der Waals surface area contributed by atoms with E-state index >= 15 is 0 Å². The highest BCUT2D eigenvalue weighted by atomic mass is 32.2. The van der Waals surface area contributed by atoms with Crippen LogP contribution in [0.1, 0.15) is 25.7 Å². The first kappa shape index (κ1) is 29.1. The van der Waals surface area contributed by atoms with E-state index in [1.54, 1.807) is 0 Å². The summed E-state index contributed by atoms with van der Waals surface area (Å²) in [5.74, 6) is 2.85. The highest BCUT2D eigenvalue weighted by molar-refractivity contribution is 8.22. The molecule has 0 spiro atoms. The summed E-state index contributed by atoms with van der Waals surface area (Å²) in [5, 5.41) is 1.95. The van der Waals surface area contributed by atoms with Crippen LogP contribution in [0.25, 0.3) is 0 Å². The molecule has 2 heterocycles. The summed E-state index contributed by atoms with van der Waals surface area (Å²) in [6.07, 6.45) is 12.3. The second kappa shape index (κ2) is 15.1. The molecule has 0 N–H and O–H groups in total. The van der Waals surface area contributed by atoms with Gasteiger partial charge in [-0.3, -0.25) is 0 Å². The molecular weight excluding hydrogens is 545 g/mol. The third kappa shape index (κ3) is 8.01. The second-order valence-corrected chi connectivity index (χ2v) is 16.5. The van der Waals surface area contributed by atoms with Crippen molar-refractivity contribution in [1.82, 2.24) is 0 Å². The van der Waals surface area contributed by atoms with E-state index < -0.39 is 0 Å². The minimum Gasteiger partial charge on any atom is -0.461 e. The summed E-state index contributed by atoms with van der Waals surface area (Å²) in [5.41, 5.74) is 0. The molecule has 3 aliphatic rings. The molecule has 3 fully saturated rings. The first-order valence-corrected chi connectivity index (χ1v) is 18.2. The van der Waals surface area contributed by atoms with Gasteiger partial charge in [0, 0.05) is 44.7 Å². The van der Waals surface area contributed by atoms with E-state index in [0.29, 0.717) is 55.2 Å². The van der Waals surface area contributed by atoms with Crippen LogP contribution in [0.4, 0.5) is 0 Å². The van der Waals surface area contributed by atoms with Crippen molar-refractivity contribution >= 4 is 82.5 Å². The van der Waals surface area contributed by atoms with Crippen LogP contribution in [0.3, 0.4) is 0 Å². The van der Waals surface area contributed by atoms with Gasteiger partial charge < -0.3 is 9.47 Å². The summed E-state index contributed by atoms with van der Waals surface area (Å²) in [6.45, 7) is 7.95. The molecule has 34 heavy (non-hydrogen) atoms. The third-order valence-electron chi connectivity index (χ3n) is 6.50. The second-order valence-electron chi connectivity index (χ2n) is 8.60. The standard InChI is InChI=1S/C24H36O4S6/c1-5-19(25)27-11-15-13-31-23(33-15)21(29-3)17-9-7-8-10-18(17)22(30-4)24-32-14-16(34-24)12-28-20(26)6-2/h5-6,15-18,21-24H,1-2,7-14H2,3-4H3. The minimum atomic E-state index is -0.324. The molecule has 4 nitrogen and oxygen atoms in total. The molecule has 3 rings (SSSR count). The molecule has 0 radical (unpaired) electrons. The van der Waals surface area contributed by atoms with Crippen LogP contribution in [-0.4, -0.2) is 79.3 Å². The van der Waals surface area contributed by atoms with E-state index in [1.807, 2.05) is 47.0 Å². The number of carbonyl (C=O) groups excluding carboxylic acids is 2. The number of carbonyl (C=O) groups is 2. The van der Waals surface area contributed by atoms with Gasteiger partial charge >= 0.3 is 11.9 Å². The Bertz CT molecular complexity index is 649. The maximum atomic E-state index is 11.5. The third-order valence-corrected chi connectivity index (χ3v) is 16.4. The lowest BCUT2D eigenvalue weighted by atomic mass is 9.76. The van der Waals surface area contributed by atoms with Gasteiger partial charge in [0.05, 0.1) is 9.16 Å². The number of hydrogen-bond donors (Lipinski definition) is 0. The average molecular weight is 581 g/mol. The van der Waals surface area contributed by atoms with Crippen molar-refractivity contribution in [3.05, 3.63) is 25.3 Å². The molecule has 0 aromatic heterocycles. The summed E-state index contributed by atoms with van der Waals surface area (Å²) in [7, 11) is 0. The predicted octanol–water partition coefficient (Wildman–Crippen LogP) is 6.06. The van der Waals surface area contributed by atoms with Crippen LogP contribution < -0.4 is 0 Å². The summed E-state index contributed by atoms with van der Waals surface area (Å²) in [4.78, 5) is 23.0. The minimum absolute atomic E-state index is 0.324. The van der Waals surface area contributed by atoms with Crippen molar-refractivity contribution in [2.24, 2.45) is 11.8 Å². The van der Waals surface area contributed by atoms with E-state index in [4.69, 9.17) is 9.47 Å². The number of ether oxygens (including phenoxy) is 2. The fraction of sp³-hybridized carbons (Fsp3) is 0.750. The monoisotopic (exact) mass is 580 g/mol. The van der Waals surface area contributed by atoms with E-state index in [9.17, 15) is 9.59 Å². The van der Waals surface area contributed by atoms with Crippen molar-refractivity contribution in [3.63, 3.8) is 0 Å². The molecule has 0 bridgehead atoms. The Morgan fingerprint density at radius 3 is 1.62 bits per heavy atom. The Morgan fingerprint density at radius 2 is 1.26 bits per heavy atom. The SMILES string of the molecule is C=CC(=O)OCC1CSC(C(SC)C2CCCCC2C(SC)C2SCC(COC(=O)C=C)S2)S1. The lowest BCUT2D eigenvalue weighted by Gasteiger charge is -2.43. The van der Waals surface area contributed by atoms with E-state index in [2.05, 4.69) is 49.2 Å². The zero-order valence-electron chi connectivity index (χ0n) is 19.9. The largest absolute Gasteiger partial charge is 0.461 e. The fourth-order valence-corrected chi connectivity index (χ4v) is 15.6. The van der Waals surface area contributed by atoms with Crippen LogP contribution in [0.2, 0.25) is 0 Å². The van der Waals surface area contributed by atoms with Crippen LogP contribution in [-0.2, 0) is 19.1 Å². The molecule has 192 valence electrons. The van der Waals surface area contributed by atoms with Gasteiger partial charge in [-0.25, -0.2) is 9.59 Å². The van der Waals surface area contributed by atoms with Gasteiger partial charge in [-0.1, -0.05) is 26.0 Å². The first-order chi connectivity index (χ1) is 16.5. The normalized spacial score (nSPS) is 33.1. The van der Waals surface area contributed by atoms with Crippen molar-refractivity contribution in [3.8, 4) is 0 Å². The van der Waals surface area contributed by atoms with Gasteiger partial charge in [0.15, 0.2) is 0 Å². The smallest absolute Gasteiger partial charge is 0.330 e. The topological polar surface area (TPSA) is 52.6 Å². The lowest BCUT2D eigenvalue weighted by Crippen LogP contribution is -2.41. The highest BCUT2D eigenvalue weighted by Crippen LogP contribution is 2.54. The van der Waals surface area contributed by atoms with E-state index in [1.165, 1.54) is 37.8 Å². The number of hydrogen-bond acceptors (Lipinski definition) is 10. The number of thioether (sulfide) groups is 6. The summed E-state index contributed by atoms with van der Waals surface area (Å²) >= 11 is 12.2. The van der Waals surface area contributed by atoms with Crippen LogP contribution in [0.15, 0.2) is 25.3 Å². The molecule has 0 amide bonds. The maximum Gasteiger partial charge on any atom is 0.330 e. The zero-order valence-corrected chi connectivity index (χ0v) is 24.8. The van der Waals surface area contributed by atoms with Gasteiger partial charge in [0.1, 0.15) is 13.2 Å². The average Bonchev–Trinajstić information content (AvgIpc) is 3.53. The molecule has 8 atom stereocenters. The molecule has 0 aromatic rings. The molecule has 0 aromatic carbocycles. The van der Waals surface area contributed by atoms with Gasteiger partial charge in [-0.2, -0.15) is 23.5 Å². The lowest BCUT2D eigenvalue weighted by molar-refractivity contribution is -0.138. The zero-order chi connectivity index (χ0) is 24.5. The van der Waals surface area contributed by atoms with Crippen LogP contribution in [0, 0.1) is 11.8 Å².